The van der Waals surface area contributed by atoms with Gasteiger partial charge in [-0.15, -0.1) is 23.5 Å². The van der Waals surface area contributed by atoms with E-state index in [1.165, 1.54) is 26.7 Å². The smallest absolute Gasteiger partial charge is 0.116 e. The molecule has 2 aromatic carbocycles. The van der Waals surface area contributed by atoms with Crippen molar-refractivity contribution in [2.24, 2.45) is 0 Å². The number of likely N-dealkylation sites (N-methyl/N-ethyl adjacent to an activating group) is 2. The van der Waals surface area contributed by atoms with E-state index in [-0.39, 0.29) is 0 Å². The maximum absolute atomic E-state index is 4.69. The van der Waals surface area contributed by atoms with E-state index in [1.807, 2.05) is 23.5 Å². The van der Waals surface area contributed by atoms with Crippen LogP contribution in [0.1, 0.15) is 19.5 Å². The molecule has 1 aromatic heterocycles. The molecule has 2 aliphatic carbocycles. The van der Waals surface area contributed by atoms with Crippen LogP contribution < -0.4 is 9.80 Å². The quantitative estimate of drug-likeness (QED) is 0.350. The van der Waals surface area contributed by atoms with Crippen LogP contribution in [0.15, 0.2) is 107 Å². The number of fused-ring (bicyclic) bond motifs is 4. The molecule has 0 fully saturated rings. The van der Waals surface area contributed by atoms with Crippen molar-refractivity contribution < 1.29 is 0 Å². The topological polar surface area (TPSA) is 32.3 Å². The van der Waals surface area contributed by atoms with Crippen LogP contribution >= 0.6 is 23.5 Å². The first kappa shape index (κ1) is 23.9. The van der Waals surface area contributed by atoms with Crippen molar-refractivity contribution in [1.29, 1.82) is 0 Å². The normalized spacial score (nSPS) is 24.8. The zero-order chi connectivity index (χ0) is 25.6. The molecule has 0 saturated heterocycles. The number of rotatable bonds is 4. The molecule has 38 heavy (non-hydrogen) atoms. The second-order valence-electron chi connectivity index (χ2n) is 9.91. The third-order valence-electron chi connectivity index (χ3n) is 7.84. The number of hydrogen-bond donors (Lipinski definition) is 0. The number of aromatic nitrogens is 2. The van der Waals surface area contributed by atoms with E-state index >= 15 is 0 Å². The number of anilines is 2. The van der Waals surface area contributed by atoms with Crippen LogP contribution in [0.25, 0.3) is 16.8 Å². The summed E-state index contributed by atoms with van der Waals surface area (Å²) in [6, 6.07) is 18.5. The van der Waals surface area contributed by atoms with E-state index in [4.69, 9.17) is 4.98 Å². The summed E-state index contributed by atoms with van der Waals surface area (Å²) in [5, 5.41) is 0.795. The maximum atomic E-state index is 4.69. The molecule has 7 rings (SSSR count). The van der Waals surface area contributed by atoms with Gasteiger partial charge in [0.2, 0.25) is 0 Å². The molecule has 0 amide bonds. The third-order valence-corrected chi connectivity index (χ3v) is 10.4. The zero-order valence-corrected chi connectivity index (χ0v) is 23.2. The molecule has 2 aliphatic heterocycles. The lowest BCUT2D eigenvalue weighted by molar-refractivity contribution is 0.699. The molecule has 190 valence electrons. The van der Waals surface area contributed by atoms with Crippen molar-refractivity contribution in [2.45, 2.75) is 46.2 Å². The van der Waals surface area contributed by atoms with Crippen molar-refractivity contribution in [3.05, 3.63) is 103 Å². The standard InChI is InChI=1S/C32H30N4S2/c1-3-35-25-9-5-7-11-29(25)37-31-17-21(13-15-27(31)35)23-19-24(34-20-33-23)22-14-16-28-32(18-22)38-30-12-8-6-10-26(30)36(28)4-2/h5-20,25,28-29,32H,3-4H2,1-2H3. The highest BCUT2D eigenvalue weighted by atomic mass is 32.2. The summed E-state index contributed by atoms with van der Waals surface area (Å²) in [6.07, 6.45) is 17.7. The monoisotopic (exact) mass is 534 g/mol. The molecule has 4 nitrogen and oxygen atoms in total. The lowest BCUT2D eigenvalue weighted by Gasteiger charge is -2.42. The first-order valence-corrected chi connectivity index (χ1v) is 15.2. The van der Waals surface area contributed by atoms with Gasteiger partial charge in [-0.1, -0.05) is 60.7 Å². The van der Waals surface area contributed by atoms with Crippen LogP contribution in [0.4, 0.5) is 11.4 Å². The molecule has 4 unspecified atom stereocenters. The first-order chi connectivity index (χ1) is 18.7. The Morgan fingerprint density at radius 3 is 2.34 bits per heavy atom. The van der Waals surface area contributed by atoms with Crippen molar-refractivity contribution in [3.63, 3.8) is 0 Å². The summed E-state index contributed by atoms with van der Waals surface area (Å²) >= 11 is 3.91. The summed E-state index contributed by atoms with van der Waals surface area (Å²) in [7, 11) is 0. The minimum absolute atomic E-state index is 0.356. The van der Waals surface area contributed by atoms with E-state index < -0.39 is 0 Å². The predicted molar refractivity (Wildman–Crippen MR) is 162 cm³/mol. The van der Waals surface area contributed by atoms with Crippen LogP contribution in [0, 0.1) is 0 Å². The summed E-state index contributed by atoms with van der Waals surface area (Å²) < 4.78 is 0. The molecule has 0 spiro atoms. The molecular formula is C32H30N4S2. The van der Waals surface area contributed by atoms with E-state index in [9.17, 15) is 0 Å². The van der Waals surface area contributed by atoms with Crippen molar-refractivity contribution in [3.8, 4) is 11.3 Å². The van der Waals surface area contributed by atoms with Crippen molar-refractivity contribution in [2.75, 3.05) is 22.9 Å². The van der Waals surface area contributed by atoms with Gasteiger partial charge in [0.15, 0.2) is 0 Å². The molecule has 0 N–H and O–H groups in total. The second kappa shape index (κ2) is 9.83. The van der Waals surface area contributed by atoms with Gasteiger partial charge in [-0.25, -0.2) is 9.97 Å². The molecule has 4 aliphatic rings. The summed E-state index contributed by atoms with van der Waals surface area (Å²) in [5.74, 6) is 0. The molecule has 3 aromatic rings. The number of benzene rings is 2. The molecule has 0 saturated carbocycles. The SMILES string of the molecule is CCN1c2ccccc2SC2C=C(c3cc(-c4ccc5c(c4)SC4C=CC=CC4N5CC)ncn3)C=CC21. The molecule has 6 heteroatoms. The highest BCUT2D eigenvalue weighted by Gasteiger charge is 2.34. The van der Waals surface area contributed by atoms with Gasteiger partial charge in [-0.2, -0.15) is 0 Å². The molecule has 0 bridgehead atoms. The highest BCUT2D eigenvalue weighted by molar-refractivity contribution is 8.00. The van der Waals surface area contributed by atoms with Gasteiger partial charge in [-0.05, 0) is 49.8 Å². The fourth-order valence-electron chi connectivity index (χ4n) is 6.01. The van der Waals surface area contributed by atoms with Gasteiger partial charge in [0.1, 0.15) is 6.33 Å². The van der Waals surface area contributed by atoms with Gasteiger partial charge in [0, 0.05) is 28.4 Å². The van der Waals surface area contributed by atoms with E-state index in [1.54, 1.807) is 6.33 Å². The van der Waals surface area contributed by atoms with Crippen LogP contribution in [0.3, 0.4) is 0 Å². The number of nitrogens with zero attached hydrogens (tertiary/aromatic N) is 4. The maximum Gasteiger partial charge on any atom is 0.116 e. The molecular weight excluding hydrogens is 505 g/mol. The van der Waals surface area contributed by atoms with Gasteiger partial charge in [-0.3, -0.25) is 0 Å². The average Bonchev–Trinajstić information content (AvgIpc) is 2.98. The lowest BCUT2D eigenvalue weighted by Crippen LogP contribution is -2.44. The van der Waals surface area contributed by atoms with Gasteiger partial charge < -0.3 is 9.80 Å². The van der Waals surface area contributed by atoms with E-state index in [2.05, 4.69) is 120 Å². The molecule has 4 atom stereocenters. The Labute approximate surface area is 233 Å². The number of allylic oxidation sites excluding steroid dienone is 4. The van der Waals surface area contributed by atoms with Crippen LogP contribution in [-0.2, 0) is 0 Å². The third kappa shape index (κ3) is 4.02. The van der Waals surface area contributed by atoms with Gasteiger partial charge in [0.25, 0.3) is 0 Å². The summed E-state index contributed by atoms with van der Waals surface area (Å²) in [5.41, 5.74) is 6.91. The summed E-state index contributed by atoms with van der Waals surface area (Å²) in [4.78, 5) is 17.1. The van der Waals surface area contributed by atoms with Crippen molar-refractivity contribution in [1.82, 2.24) is 9.97 Å². The Kier molecular flexibility index (Phi) is 6.17. The Morgan fingerprint density at radius 1 is 0.737 bits per heavy atom. The van der Waals surface area contributed by atoms with Crippen molar-refractivity contribution >= 4 is 40.5 Å². The average molecular weight is 535 g/mol. The minimum atomic E-state index is 0.356. The number of para-hydroxylation sites is 1. The Balaban J connectivity index is 1.20. The largest absolute Gasteiger partial charge is 0.363 e. The Morgan fingerprint density at radius 2 is 1.47 bits per heavy atom. The molecule has 3 heterocycles. The van der Waals surface area contributed by atoms with Crippen LogP contribution in [0.2, 0.25) is 0 Å². The zero-order valence-electron chi connectivity index (χ0n) is 21.6. The fourth-order valence-corrected chi connectivity index (χ4v) is 8.70. The second-order valence-corrected chi connectivity index (χ2v) is 12.3. The predicted octanol–water partition coefficient (Wildman–Crippen LogP) is 7.26. The van der Waals surface area contributed by atoms with Crippen LogP contribution in [0.5, 0.6) is 0 Å². The van der Waals surface area contributed by atoms with E-state index in [0.717, 1.165) is 30.0 Å². The first-order valence-electron chi connectivity index (χ1n) is 13.4. The van der Waals surface area contributed by atoms with Gasteiger partial charge >= 0.3 is 0 Å². The minimum Gasteiger partial charge on any atom is -0.363 e. The van der Waals surface area contributed by atoms with Crippen LogP contribution in [-0.4, -0.2) is 45.6 Å². The lowest BCUT2D eigenvalue weighted by atomic mass is 9.97. The molecule has 0 radical (unpaired) electrons. The Hall–Kier alpha value is -3.22. The number of thioether (sulfide) groups is 2. The fraction of sp³-hybridized carbons (Fsp3) is 0.250. The van der Waals surface area contributed by atoms with Gasteiger partial charge in [0.05, 0.1) is 45.3 Å². The summed E-state index contributed by atoms with van der Waals surface area (Å²) in [6.45, 7) is 6.46. The van der Waals surface area contributed by atoms with E-state index in [0.29, 0.717) is 22.6 Å². The highest BCUT2D eigenvalue weighted by Crippen LogP contribution is 2.46. The number of hydrogen-bond acceptors (Lipinski definition) is 6. The Bertz CT molecular complexity index is 1510.